The number of hydrogen-bond donors (Lipinski definition) is 2. The van der Waals surface area contributed by atoms with E-state index in [9.17, 15) is 4.79 Å². The SMILES string of the molecule is Cc1cc(C(=O)NN)c2c(C)nn(C)c2n1. The predicted molar refractivity (Wildman–Crippen MR) is 59.6 cm³/mol. The Balaban J connectivity index is 2.86. The fourth-order valence-electron chi connectivity index (χ4n) is 1.83. The summed E-state index contributed by atoms with van der Waals surface area (Å²) in [6, 6.07) is 1.71. The second kappa shape index (κ2) is 3.57. The maximum Gasteiger partial charge on any atom is 0.266 e. The summed E-state index contributed by atoms with van der Waals surface area (Å²) in [7, 11) is 1.80. The molecule has 84 valence electrons. The van der Waals surface area contributed by atoms with E-state index in [0.29, 0.717) is 11.2 Å². The minimum Gasteiger partial charge on any atom is -0.290 e. The van der Waals surface area contributed by atoms with Crippen LogP contribution in [0, 0.1) is 13.8 Å². The number of fused-ring (bicyclic) bond motifs is 1. The number of aromatic nitrogens is 3. The van der Waals surface area contributed by atoms with Crippen molar-refractivity contribution >= 4 is 16.9 Å². The fourth-order valence-corrected chi connectivity index (χ4v) is 1.83. The van der Waals surface area contributed by atoms with E-state index in [0.717, 1.165) is 16.8 Å². The van der Waals surface area contributed by atoms with Crippen molar-refractivity contribution in [3.05, 3.63) is 23.0 Å². The Hall–Kier alpha value is -1.95. The molecule has 3 N–H and O–H groups in total. The van der Waals surface area contributed by atoms with Crippen LogP contribution in [-0.4, -0.2) is 20.7 Å². The van der Waals surface area contributed by atoms with Crippen LogP contribution in [0.5, 0.6) is 0 Å². The van der Waals surface area contributed by atoms with Gasteiger partial charge in [0.05, 0.1) is 16.6 Å². The van der Waals surface area contributed by atoms with Gasteiger partial charge in [0.15, 0.2) is 5.65 Å². The minimum absolute atomic E-state index is 0.327. The molecule has 6 nitrogen and oxygen atoms in total. The summed E-state index contributed by atoms with van der Waals surface area (Å²) >= 11 is 0. The Morgan fingerprint density at radius 2 is 2.19 bits per heavy atom. The molecule has 0 unspecified atom stereocenters. The standard InChI is InChI=1S/C10H13N5O/c1-5-4-7(10(16)13-11)8-6(2)14-15(3)9(8)12-5/h4H,11H2,1-3H3,(H,13,16). The maximum absolute atomic E-state index is 11.6. The molecule has 1 amide bonds. The Morgan fingerprint density at radius 3 is 2.81 bits per heavy atom. The highest BCUT2D eigenvalue weighted by molar-refractivity contribution is 6.06. The van der Waals surface area contributed by atoms with E-state index in [1.165, 1.54) is 0 Å². The van der Waals surface area contributed by atoms with Crippen molar-refractivity contribution in [1.82, 2.24) is 20.2 Å². The first-order valence-corrected chi connectivity index (χ1v) is 4.86. The van der Waals surface area contributed by atoms with Crippen molar-refractivity contribution in [2.45, 2.75) is 13.8 Å². The van der Waals surface area contributed by atoms with Crippen LogP contribution in [0.15, 0.2) is 6.07 Å². The molecule has 0 fully saturated rings. The van der Waals surface area contributed by atoms with Gasteiger partial charge in [0, 0.05) is 12.7 Å². The average Bonchev–Trinajstić information content (AvgIpc) is 2.52. The summed E-state index contributed by atoms with van der Waals surface area (Å²) in [6.07, 6.45) is 0. The molecule has 2 aromatic heterocycles. The summed E-state index contributed by atoms with van der Waals surface area (Å²) in [5.41, 5.74) is 4.86. The molecule has 2 heterocycles. The lowest BCUT2D eigenvalue weighted by Crippen LogP contribution is -2.30. The third-order valence-corrected chi connectivity index (χ3v) is 2.47. The highest BCUT2D eigenvalue weighted by atomic mass is 16.2. The molecule has 0 saturated heterocycles. The zero-order chi connectivity index (χ0) is 11.9. The molecule has 0 aliphatic rings. The Bertz CT molecular complexity index is 572. The summed E-state index contributed by atoms with van der Waals surface area (Å²) in [5, 5.41) is 4.99. The number of nitrogens with two attached hydrogens (primary N) is 1. The molecule has 2 rings (SSSR count). The van der Waals surface area contributed by atoms with Crippen LogP contribution >= 0.6 is 0 Å². The van der Waals surface area contributed by atoms with Gasteiger partial charge in [-0.15, -0.1) is 0 Å². The quantitative estimate of drug-likeness (QED) is 0.407. The largest absolute Gasteiger partial charge is 0.290 e. The van der Waals surface area contributed by atoms with Crippen LogP contribution < -0.4 is 11.3 Å². The molecule has 0 bridgehead atoms. The number of nitrogen functional groups attached to an aromatic ring is 1. The summed E-state index contributed by atoms with van der Waals surface area (Å²) in [6.45, 7) is 3.67. The lowest BCUT2D eigenvalue weighted by molar-refractivity contribution is 0.0955. The first kappa shape index (κ1) is 10.6. The number of nitrogens with one attached hydrogen (secondary N) is 1. The lowest BCUT2D eigenvalue weighted by Gasteiger charge is -2.03. The Morgan fingerprint density at radius 1 is 1.50 bits per heavy atom. The zero-order valence-electron chi connectivity index (χ0n) is 9.40. The number of carbonyl (C=O) groups excluding carboxylic acids is 1. The smallest absolute Gasteiger partial charge is 0.266 e. The molecule has 0 saturated carbocycles. The van der Waals surface area contributed by atoms with E-state index < -0.39 is 0 Å². The highest BCUT2D eigenvalue weighted by Crippen LogP contribution is 2.21. The number of rotatable bonds is 1. The molecular weight excluding hydrogens is 206 g/mol. The van der Waals surface area contributed by atoms with E-state index in [1.807, 2.05) is 13.8 Å². The van der Waals surface area contributed by atoms with E-state index in [4.69, 9.17) is 5.84 Å². The molecule has 16 heavy (non-hydrogen) atoms. The van der Waals surface area contributed by atoms with Crippen LogP contribution in [0.1, 0.15) is 21.7 Å². The van der Waals surface area contributed by atoms with Crippen LogP contribution in [0.2, 0.25) is 0 Å². The van der Waals surface area contributed by atoms with Crippen molar-refractivity contribution in [3.63, 3.8) is 0 Å². The van der Waals surface area contributed by atoms with Crippen LogP contribution in [0.3, 0.4) is 0 Å². The Kier molecular flexibility index (Phi) is 2.35. The van der Waals surface area contributed by atoms with Crippen molar-refractivity contribution in [2.75, 3.05) is 0 Å². The number of pyridine rings is 1. The number of aryl methyl sites for hydroxylation is 3. The van der Waals surface area contributed by atoms with Gasteiger partial charge in [0.2, 0.25) is 0 Å². The Labute approximate surface area is 92.4 Å². The average molecular weight is 219 g/mol. The van der Waals surface area contributed by atoms with Crippen LogP contribution in [0.4, 0.5) is 0 Å². The van der Waals surface area contributed by atoms with Crippen molar-refractivity contribution < 1.29 is 4.79 Å². The van der Waals surface area contributed by atoms with E-state index >= 15 is 0 Å². The molecule has 6 heteroatoms. The molecule has 0 radical (unpaired) electrons. The van der Waals surface area contributed by atoms with Crippen LogP contribution in [-0.2, 0) is 7.05 Å². The van der Waals surface area contributed by atoms with Crippen LogP contribution in [0.25, 0.3) is 11.0 Å². The van der Waals surface area contributed by atoms with Gasteiger partial charge in [-0.2, -0.15) is 5.10 Å². The molecular formula is C10H13N5O. The first-order chi connectivity index (χ1) is 7.54. The molecule has 0 atom stereocenters. The number of amides is 1. The monoisotopic (exact) mass is 219 g/mol. The molecule has 0 spiro atoms. The first-order valence-electron chi connectivity index (χ1n) is 4.86. The topological polar surface area (TPSA) is 85.8 Å². The zero-order valence-corrected chi connectivity index (χ0v) is 9.40. The third-order valence-electron chi connectivity index (χ3n) is 2.47. The number of carbonyl (C=O) groups is 1. The van der Waals surface area contributed by atoms with E-state index in [2.05, 4.69) is 15.5 Å². The van der Waals surface area contributed by atoms with Crippen molar-refractivity contribution in [3.8, 4) is 0 Å². The fraction of sp³-hybridized carbons (Fsp3) is 0.300. The second-order valence-electron chi connectivity index (χ2n) is 3.69. The van der Waals surface area contributed by atoms with Gasteiger partial charge in [-0.3, -0.25) is 14.9 Å². The van der Waals surface area contributed by atoms with Crippen molar-refractivity contribution in [1.29, 1.82) is 0 Å². The number of nitrogens with zero attached hydrogens (tertiary/aromatic N) is 3. The van der Waals surface area contributed by atoms with E-state index in [1.54, 1.807) is 17.8 Å². The summed E-state index contributed by atoms with van der Waals surface area (Å²) in [5.74, 6) is 4.83. The van der Waals surface area contributed by atoms with Gasteiger partial charge in [0.25, 0.3) is 5.91 Å². The minimum atomic E-state index is -0.327. The van der Waals surface area contributed by atoms with Crippen molar-refractivity contribution in [2.24, 2.45) is 12.9 Å². The third kappa shape index (κ3) is 1.43. The summed E-state index contributed by atoms with van der Waals surface area (Å²) in [4.78, 5) is 16.0. The summed E-state index contributed by atoms with van der Waals surface area (Å²) < 4.78 is 1.66. The van der Waals surface area contributed by atoms with E-state index in [-0.39, 0.29) is 5.91 Å². The molecule has 0 aliphatic carbocycles. The second-order valence-corrected chi connectivity index (χ2v) is 3.69. The van der Waals surface area contributed by atoms with Gasteiger partial charge in [0.1, 0.15) is 0 Å². The lowest BCUT2D eigenvalue weighted by atomic mass is 10.1. The number of hydrazine groups is 1. The van der Waals surface area contributed by atoms with Gasteiger partial charge in [-0.1, -0.05) is 0 Å². The molecule has 2 aromatic rings. The molecule has 0 aliphatic heterocycles. The normalized spacial score (nSPS) is 10.8. The molecule has 0 aromatic carbocycles. The maximum atomic E-state index is 11.6. The number of hydrogen-bond acceptors (Lipinski definition) is 4. The van der Waals surface area contributed by atoms with Gasteiger partial charge < -0.3 is 0 Å². The van der Waals surface area contributed by atoms with Gasteiger partial charge in [-0.25, -0.2) is 10.8 Å². The highest BCUT2D eigenvalue weighted by Gasteiger charge is 2.16. The predicted octanol–water partition coefficient (Wildman–Crippen LogP) is 0.189. The van der Waals surface area contributed by atoms with Gasteiger partial charge >= 0.3 is 0 Å². The van der Waals surface area contributed by atoms with Gasteiger partial charge in [-0.05, 0) is 19.9 Å².